The average molecular weight is 438 g/mol. The van der Waals surface area contributed by atoms with Crippen LogP contribution in [0.25, 0.3) is 11.0 Å². The SMILES string of the molecule is COc1cnc2ccc(C(=O)c3c(F)ccc(CCCNS(=O)O)c3Cl)cc2n1. The molecule has 0 bridgehead atoms. The Morgan fingerprint density at radius 2 is 2.10 bits per heavy atom. The van der Waals surface area contributed by atoms with Gasteiger partial charge in [-0.25, -0.2) is 23.3 Å². The highest BCUT2D eigenvalue weighted by Gasteiger charge is 2.21. The molecular weight excluding hydrogens is 421 g/mol. The number of fused-ring (bicyclic) bond motifs is 1. The van der Waals surface area contributed by atoms with Gasteiger partial charge in [0.05, 0.1) is 34.9 Å². The number of methoxy groups -OCH3 is 1. The van der Waals surface area contributed by atoms with E-state index in [0.717, 1.165) is 0 Å². The van der Waals surface area contributed by atoms with Crippen LogP contribution in [0, 0.1) is 5.82 Å². The summed E-state index contributed by atoms with van der Waals surface area (Å²) < 4.78 is 41.2. The summed E-state index contributed by atoms with van der Waals surface area (Å²) in [5, 5.41) is 0.0249. The van der Waals surface area contributed by atoms with E-state index < -0.39 is 22.9 Å². The van der Waals surface area contributed by atoms with Crippen molar-refractivity contribution in [2.75, 3.05) is 13.7 Å². The number of hydrogen-bond donors (Lipinski definition) is 2. The Morgan fingerprint density at radius 1 is 1.31 bits per heavy atom. The third-order valence-corrected chi connectivity index (χ3v) is 5.12. The molecule has 0 amide bonds. The van der Waals surface area contributed by atoms with E-state index in [0.29, 0.717) is 35.3 Å². The van der Waals surface area contributed by atoms with Crippen molar-refractivity contribution in [2.45, 2.75) is 12.8 Å². The molecule has 0 spiro atoms. The average Bonchev–Trinajstić information content (AvgIpc) is 2.71. The first-order valence-electron chi connectivity index (χ1n) is 8.57. The van der Waals surface area contributed by atoms with Crippen LogP contribution in [0.15, 0.2) is 36.5 Å². The van der Waals surface area contributed by atoms with Crippen LogP contribution in [0.1, 0.15) is 27.9 Å². The van der Waals surface area contributed by atoms with Gasteiger partial charge in [0.2, 0.25) is 17.1 Å². The van der Waals surface area contributed by atoms with Gasteiger partial charge in [0.1, 0.15) is 5.82 Å². The number of carbonyl (C=O) groups is 1. The number of benzene rings is 2. The largest absolute Gasteiger partial charge is 0.480 e. The van der Waals surface area contributed by atoms with Crippen LogP contribution in [-0.2, 0) is 17.7 Å². The fraction of sp³-hybridized carbons (Fsp3) is 0.211. The molecule has 10 heteroatoms. The van der Waals surface area contributed by atoms with E-state index in [1.54, 1.807) is 6.07 Å². The summed E-state index contributed by atoms with van der Waals surface area (Å²) in [7, 11) is 1.46. The number of rotatable bonds is 8. The standard InChI is InChI=1S/C19H17ClFN3O4S/c1-28-16-10-22-14-7-5-12(9-15(14)24-16)19(25)17-13(21)6-4-11(18(17)20)3-2-8-23-29(26)27/h4-7,9-10,23H,2-3,8H2,1H3,(H,26,27). The van der Waals surface area contributed by atoms with Gasteiger partial charge < -0.3 is 4.74 Å². The van der Waals surface area contributed by atoms with E-state index in [1.807, 2.05) is 0 Å². The van der Waals surface area contributed by atoms with Gasteiger partial charge >= 0.3 is 0 Å². The minimum Gasteiger partial charge on any atom is -0.480 e. The molecule has 1 atom stereocenters. The van der Waals surface area contributed by atoms with Gasteiger partial charge in [0, 0.05) is 12.1 Å². The number of carbonyl (C=O) groups excluding carboxylic acids is 1. The zero-order valence-electron chi connectivity index (χ0n) is 15.3. The maximum Gasteiger partial charge on any atom is 0.232 e. The molecule has 152 valence electrons. The molecule has 0 fully saturated rings. The van der Waals surface area contributed by atoms with Crippen LogP contribution < -0.4 is 9.46 Å². The number of halogens is 2. The van der Waals surface area contributed by atoms with Crippen molar-refractivity contribution in [2.24, 2.45) is 0 Å². The summed E-state index contributed by atoms with van der Waals surface area (Å²) in [6.45, 7) is 0.269. The molecule has 0 radical (unpaired) electrons. The Kier molecular flexibility index (Phi) is 6.86. The Hall–Kier alpha value is -2.46. The molecule has 7 nitrogen and oxygen atoms in total. The normalized spacial score (nSPS) is 12.1. The van der Waals surface area contributed by atoms with Gasteiger partial charge in [-0.3, -0.25) is 9.35 Å². The second kappa shape index (κ2) is 9.36. The Balaban J connectivity index is 1.91. The number of hydrogen-bond acceptors (Lipinski definition) is 5. The van der Waals surface area contributed by atoms with E-state index in [2.05, 4.69) is 14.7 Å². The van der Waals surface area contributed by atoms with Crippen molar-refractivity contribution in [1.29, 1.82) is 0 Å². The lowest BCUT2D eigenvalue weighted by molar-refractivity contribution is 0.103. The fourth-order valence-corrected chi connectivity index (χ4v) is 3.47. The Morgan fingerprint density at radius 3 is 2.83 bits per heavy atom. The van der Waals surface area contributed by atoms with Crippen LogP contribution >= 0.6 is 11.6 Å². The first kappa shape index (κ1) is 21.3. The van der Waals surface area contributed by atoms with Gasteiger partial charge in [0.25, 0.3) is 0 Å². The number of nitrogens with zero attached hydrogens (tertiary/aromatic N) is 2. The second-order valence-electron chi connectivity index (χ2n) is 6.09. The maximum absolute atomic E-state index is 14.5. The first-order valence-corrected chi connectivity index (χ1v) is 10.1. The van der Waals surface area contributed by atoms with Crippen molar-refractivity contribution in [3.63, 3.8) is 0 Å². The van der Waals surface area contributed by atoms with Crippen molar-refractivity contribution >= 4 is 39.7 Å². The number of ketones is 1. The lowest BCUT2D eigenvalue weighted by atomic mass is 9.98. The minimum atomic E-state index is -2.10. The molecule has 2 aromatic carbocycles. The molecule has 29 heavy (non-hydrogen) atoms. The second-order valence-corrected chi connectivity index (χ2v) is 7.25. The molecule has 0 aliphatic heterocycles. The maximum atomic E-state index is 14.5. The zero-order chi connectivity index (χ0) is 21.0. The highest BCUT2D eigenvalue weighted by atomic mass is 35.5. The predicted octanol–water partition coefficient (Wildman–Crippen LogP) is 3.32. The quantitative estimate of drug-likeness (QED) is 0.318. The van der Waals surface area contributed by atoms with Gasteiger partial charge in [-0.15, -0.1) is 0 Å². The summed E-state index contributed by atoms with van der Waals surface area (Å²) in [6, 6.07) is 7.35. The van der Waals surface area contributed by atoms with Gasteiger partial charge in [0.15, 0.2) is 5.78 Å². The number of nitrogens with one attached hydrogen (secondary N) is 1. The highest BCUT2D eigenvalue weighted by molar-refractivity contribution is 7.77. The molecule has 1 heterocycles. The molecule has 0 saturated heterocycles. The minimum absolute atomic E-state index is 0.0249. The number of ether oxygens (including phenoxy) is 1. The summed E-state index contributed by atoms with van der Waals surface area (Å²) in [5.74, 6) is -1.00. The number of aryl methyl sites for hydroxylation is 1. The molecule has 0 aliphatic carbocycles. The molecule has 1 unspecified atom stereocenters. The topological polar surface area (TPSA) is 101 Å². The van der Waals surface area contributed by atoms with Crippen LogP contribution in [0.5, 0.6) is 5.88 Å². The smallest absolute Gasteiger partial charge is 0.232 e. The number of aromatic nitrogens is 2. The van der Waals surface area contributed by atoms with E-state index in [9.17, 15) is 13.4 Å². The summed E-state index contributed by atoms with van der Waals surface area (Å²) in [5.41, 5.74) is 1.57. The van der Waals surface area contributed by atoms with Crippen LogP contribution in [0.4, 0.5) is 4.39 Å². The van der Waals surface area contributed by atoms with E-state index in [-0.39, 0.29) is 22.7 Å². The molecule has 0 aliphatic rings. The fourth-order valence-electron chi connectivity index (χ4n) is 2.81. The molecule has 2 N–H and O–H groups in total. The third-order valence-electron chi connectivity index (χ3n) is 4.24. The predicted molar refractivity (Wildman–Crippen MR) is 108 cm³/mol. The Labute approximate surface area is 173 Å². The van der Waals surface area contributed by atoms with Crippen LogP contribution in [0.2, 0.25) is 5.02 Å². The monoisotopic (exact) mass is 437 g/mol. The molecule has 0 saturated carbocycles. The van der Waals surface area contributed by atoms with Crippen molar-refractivity contribution in [3.8, 4) is 5.88 Å². The van der Waals surface area contributed by atoms with E-state index in [4.69, 9.17) is 20.9 Å². The van der Waals surface area contributed by atoms with Gasteiger partial charge in [-0.1, -0.05) is 17.7 Å². The van der Waals surface area contributed by atoms with Crippen LogP contribution in [-0.4, -0.2) is 38.2 Å². The van der Waals surface area contributed by atoms with Crippen molar-refractivity contribution < 1.29 is 22.7 Å². The summed E-state index contributed by atoms with van der Waals surface area (Å²) in [6.07, 6.45) is 2.35. The van der Waals surface area contributed by atoms with Crippen molar-refractivity contribution in [3.05, 3.63) is 64.1 Å². The highest BCUT2D eigenvalue weighted by Crippen LogP contribution is 2.28. The molecule has 3 rings (SSSR count). The van der Waals surface area contributed by atoms with Crippen molar-refractivity contribution in [1.82, 2.24) is 14.7 Å². The van der Waals surface area contributed by atoms with Gasteiger partial charge in [-0.05, 0) is 42.7 Å². The third kappa shape index (κ3) is 4.94. The molecule has 3 aromatic rings. The van der Waals surface area contributed by atoms with Crippen LogP contribution in [0.3, 0.4) is 0 Å². The lowest BCUT2D eigenvalue weighted by Crippen LogP contribution is -2.18. The van der Waals surface area contributed by atoms with E-state index in [1.165, 1.54) is 37.6 Å². The molecule has 1 aromatic heterocycles. The summed E-state index contributed by atoms with van der Waals surface area (Å²) in [4.78, 5) is 21.4. The molecular formula is C19H17ClFN3O4S. The first-order chi connectivity index (χ1) is 13.9. The van der Waals surface area contributed by atoms with E-state index >= 15 is 0 Å². The van der Waals surface area contributed by atoms with Gasteiger partial charge in [-0.2, -0.15) is 0 Å². The lowest BCUT2D eigenvalue weighted by Gasteiger charge is -2.11. The summed E-state index contributed by atoms with van der Waals surface area (Å²) >= 11 is 4.23. The Bertz CT molecular complexity index is 1100. The zero-order valence-corrected chi connectivity index (χ0v) is 16.9.